The second kappa shape index (κ2) is 5.14. The molecular formula is C16H16N2O. The molecule has 2 aromatic rings. The number of rotatable bonds is 3. The molecule has 3 rings (SSSR count). The Morgan fingerprint density at radius 3 is 2.58 bits per heavy atom. The maximum atomic E-state index is 11.7. The lowest BCUT2D eigenvalue weighted by molar-refractivity contribution is -0.115. The van der Waals surface area contributed by atoms with Gasteiger partial charge in [0.25, 0.3) is 0 Å². The van der Waals surface area contributed by atoms with Crippen LogP contribution in [0.5, 0.6) is 0 Å². The fraction of sp³-hybridized carbons (Fsp3) is 0.188. The van der Waals surface area contributed by atoms with Crippen molar-refractivity contribution < 1.29 is 4.79 Å². The van der Waals surface area contributed by atoms with Crippen LogP contribution in [0.25, 0.3) is 0 Å². The average Bonchev–Trinajstić information content (AvgIpc) is 2.45. The van der Waals surface area contributed by atoms with E-state index in [9.17, 15) is 4.79 Å². The minimum absolute atomic E-state index is 0.0618. The maximum Gasteiger partial charge on any atom is 0.243 e. The zero-order chi connectivity index (χ0) is 13.1. The lowest BCUT2D eigenvalue weighted by atomic mass is 10.1. The molecule has 96 valence electrons. The van der Waals surface area contributed by atoms with Gasteiger partial charge in [-0.25, -0.2) is 0 Å². The van der Waals surface area contributed by atoms with Crippen molar-refractivity contribution in [3.8, 4) is 0 Å². The largest absolute Gasteiger partial charge is 0.360 e. The van der Waals surface area contributed by atoms with E-state index in [1.165, 1.54) is 5.56 Å². The van der Waals surface area contributed by atoms with Crippen molar-refractivity contribution in [2.75, 3.05) is 23.3 Å². The third kappa shape index (κ3) is 2.60. The number of nitrogens with one attached hydrogen (secondary N) is 1. The Kier molecular flexibility index (Phi) is 3.19. The summed E-state index contributed by atoms with van der Waals surface area (Å²) < 4.78 is 0. The summed E-state index contributed by atoms with van der Waals surface area (Å²) in [5.41, 5.74) is 3.32. The highest BCUT2D eigenvalue weighted by atomic mass is 16.2. The van der Waals surface area contributed by atoms with Gasteiger partial charge in [-0.05, 0) is 24.1 Å². The fourth-order valence-electron chi connectivity index (χ4n) is 2.41. The second-order valence-corrected chi connectivity index (χ2v) is 4.72. The van der Waals surface area contributed by atoms with Crippen LogP contribution in [-0.2, 0) is 11.2 Å². The Hall–Kier alpha value is -2.29. The molecule has 0 spiro atoms. The Balaban J connectivity index is 1.76. The van der Waals surface area contributed by atoms with Crippen molar-refractivity contribution in [1.29, 1.82) is 0 Å². The Bertz CT molecular complexity index is 580. The molecule has 0 saturated carbocycles. The third-order valence-corrected chi connectivity index (χ3v) is 3.37. The molecule has 1 aliphatic heterocycles. The van der Waals surface area contributed by atoms with E-state index in [4.69, 9.17) is 0 Å². The summed E-state index contributed by atoms with van der Waals surface area (Å²) in [5.74, 6) is 0.0618. The molecule has 3 nitrogen and oxygen atoms in total. The molecule has 1 N–H and O–H groups in total. The van der Waals surface area contributed by atoms with Gasteiger partial charge in [0, 0.05) is 6.54 Å². The van der Waals surface area contributed by atoms with Crippen molar-refractivity contribution in [3.63, 3.8) is 0 Å². The molecule has 3 heteroatoms. The first kappa shape index (κ1) is 11.8. The fourth-order valence-corrected chi connectivity index (χ4v) is 2.41. The second-order valence-electron chi connectivity index (χ2n) is 4.72. The van der Waals surface area contributed by atoms with E-state index in [0.29, 0.717) is 6.54 Å². The zero-order valence-corrected chi connectivity index (χ0v) is 10.7. The number of hydrogen-bond acceptors (Lipinski definition) is 2. The first-order valence-corrected chi connectivity index (χ1v) is 6.51. The molecule has 0 saturated heterocycles. The van der Waals surface area contributed by atoms with Gasteiger partial charge in [-0.3, -0.25) is 4.79 Å². The number of para-hydroxylation sites is 2. The van der Waals surface area contributed by atoms with Crippen LogP contribution in [0.4, 0.5) is 11.4 Å². The molecule has 19 heavy (non-hydrogen) atoms. The molecule has 0 unspecified atom stereocenters. The summed E-state index contributed by atoms with van der Waals surface area (Å²) in [4.78, 5) is 13.8. The highest BCUT2D eigenvalue weighted by molar-refractivity contribution is 6.01. The molecule has 0 radical (unpaired) electrons. The molecule has 0 fully saturated rings. The van der Waals surface area contributed by atoms with Gasteiger partial charge in [0.1, 0.15) is 0 Å². The van der Waals surface area contributed by atoms with Crippen LogP contribution in [-0.4, -0.2) is 19.0 Å². The van der Waals surface area contributed by atoms with Gasteiger partial charge in [0.15, 0.2) is 0 Å². The van der Waals surface area contributed by atoms with Crippen LogP contribution >= 0.6 is 0 Å². The predicted octanol–water partition coefficient (Wildman–Crippen LogP) is 2.69. The van der Waals surface area contributed by atoms with Gasteiger partial charge < -0.3 is 10.2 Å². The van der Waals surface area contributed by atoms with Gasteiger partial charge in [-0.15, -0.1) is 0 Å². The number of hydrogen-bond donors (Lipinski definition) is 1. The molecule has 1 amide bonds. The lowest BCUT2D eigenvalue weighted by Gasteiger charge is -2.30. The number of benzene rings is 2. The molecular weight excluding hydrogens is 236 g/mol. The van der Waals surface area contributed by atoms with Crippen molar-refractivity contribution in [1.82, 2.24) is 0 Å². The molecule has 0 aromatic heterocycles. The minimum atomic E-state index is 0.0618. The van der Waals surface area contributed by atoms with Crippen LogP contribution in [0.2, 0.25) is 0 Å². The minimum Gasteiger partial charge on any atom is -0.360 e. The molecule has 0 atom stereocenters. The Morgan fingerprint density at radius 2 is 1.74 bits per heavy atom. The topological polar surface area (TPSA) is 32.3 Å². The standard InChI is InChI=1S/C16H16N2O/c19-16-12-18(11-10-13-6-2-1-3-7-13)15-9-5-4-8-14(15)17-16/h1-9H,10-12H2,(H,17,19). The van der Waals surface area contributed by atoms with Gasteiger partial charge in [-0.1, -0.05) is 42.5 Å². The monoisotopic (exact) mass is 252 g/mol. The SMILES string of the molecule is O=C1CN(CCc2ccccc2)c2ccccc2N1. The van der Waals surface area contributed by atoms with Crippen LogP contribution in [0, 0.1) is 0 Å². The number of nitrogens with zero attached hydrogens (tertiary/aromatic N) is 1. The van der Waals surface area contributed by atoms with E-state index in [0.717, 1.165) is 24.3 Å². The average molecular weight is 252 g/mol. The van der Waals surface area contributed by atoms with Crippen LogP contribution < -0.4 is 10.2 Å². The summed E-state index contributed by atoms with van der Waals surface area (Å²) in [5, 5.41) is 2.91. The predicted molar refractivity (Wildman–Crippen MR) is 77.4 cm³/mol. The third-order valence-electron chi connectivity index (χ3n) is 3.37. The highest BCUT2D eigenvalue weighted by Crippen LogP contribution is 2.28. The van der Waals surface area contributed by atoms with Crippen molar-refractivity contribution >= 4 is 17.3 Å². The first-order chi connectivity index (χ1) is 9.33. The summed E-state index contributed by atoms with van der Waals surface area (Å²) in [6, 6.07) is 18.3. The van der Waals surface area contributed by atoms with Crippen molar-refractivity contribution in [2.24, 2.45) is 0 Å². The Morgan fingerprint density at radius 1 is 1.00 bits per heavy atom. The number of amides is 1. The first-order valence-electron chi connectivity index (χ1n) is 6.51. The van der Waals surface area contributed by atoms with E-state index < -0.39 is 0 Å². The van der Waals surface area contributed by atoms with E-state index in [2.05, 4.69) is 28.4 Å². The Labute approximate surface area is 112 Å². The van der Waals surface area contributed by atoms with E-state index in [1.807, 2.05) is 36.4 Å². The van der Waals surface area contributed by atoms with Crippen molar-refractivity contribution in [2.45, 2.75) is 6.42 Å². The number of carbonyl (C=O) groups excluding carboxylic acids is 1. The number of anilines is 2. The highest BCUT2D eigenvalue weighted by Gasteiger charge is 2.20. The number of carbonyl (C=O) groups is 1. The zero-order valence-electron chi connectivity index (χ0n) is 10.7. The number of fused-ring (bicyclic) bond motifs is 1. The molecule has 2 aromatic carbocycles. The summed E-state index contributed by atoms with van der Waals surface area (Å²) in [6.07, 6.45) is 0.947. The van der Waals surface area contributed by atoms with Crippen molar-refractivity contribution in [3.05, 3.63) is 60.2 Å². The summed E-state index contributed by atoms with van der Waals surface area (Å²) in [7, 11) is 0. The van der Waals surface area contributed by atoms with Crippen LogP contribution in [0.15, 0.2) is 54.6 Å². The van der Waals surface area contributed by atoms with E-state index >= 15 is 0 Å². The lowest BCUT2D eigenvalue weighted by Crippen LogP contribution is -2.39. The van der Waals surface area contributed by atoms with E-state index in [1.54, 1.807) is 0 Å². The summed E-state index contributed by atoms with van der Waals surface area (Å²) in [6.45, 7) is 1.29. The maximum absolute atomic E-state index is 11.7. The van der Waals surface area contributed by atoms with Gasteiger partial charge in [-0.2, -0.15) is 0 Å². The molecule has 1 aliphatic rings. The molecule has 0 bridgehead atoms. The quantitative estimate of drug-likeness (QED) is 0.911. The summed E-state index contributed by atoms with van der Waals surface area (Å²) >= 11 is 0. The molecule has 1 heterocycles. The van der Waals surface area contributed by atoms with Crippen LogP contribution in [0.1, 0.15) is 5.56 Å². The molecule has 0 aliphatic carbocycles. The van der Waals surface area contributed by atoms with Gasteiger partial charge in [0.2, 0.25) is 5.91 Å². The van der Waals surface area contributed by atoms with Gasteiger partial charge >= 0.3 is 0 Å². The van der Waals surface area contributed by atoms with E-state index in [-0.39, 0.29) is 5.91 Å². The normalized spacial score (nSPS) is 13.9. The smallest absolute Gasteiger partial charge is 0.243 e. The van der Waals surface area contributed by atoms with Gasteiger partial charge in [0.05, 0.1) is 17.9 Å². The van der Waals surface area contributed by atoms with Crippen LogP contribution in [0.3, 0.4) is 0 Å².